The minimum atomic E-state index is -0.821. The first-order valence-electron chi connectivity index (χ1n) is 5.92. The molecule has 2 rings (SSSR count). The van der Waals surface area contributed by atoms with Gasteiger partial charge < -0.3 is 5.73 Å². The van der Waals surface area contributed by atoms with Crippen LogP contribution < -0.4 is 5.73 Å². The fraction of sp³-hybridized carbons (Fsp3) is 0.286. The zero-order valence-electron chi connectivity index (χ0n) is 10.1. The van der Waals surface area contributed by atoms with Crippen molar-refractivity contribution in [3.63, 3.8) is 0 Å². The minimum Gasteiger partial charge on any atom is -0.323 e. The van der Waals surface area contributed by atoms with Gasteiger partial charge in [-0.25, -0.2) is 8.78 Å². The third-order valence-corrected chi connectivity index (χ3v) is 4.06. The van der Waals surface area contributed by atoms with E-state index < -0.39 is 11.6 Å². The molecular weight excluding hydrogens is 252 g/mol. The first-order valence-corrected chi connectivity index (χ1v) is 6.74. The molecule has 0 bridgehead atoms. The third-order valence-electron chi connectivity index (χ3n) is 2.80. The molecule has 4 heteroatoms. The van der Waals surface area contributed by atoms with E-state index in [2.05, 4.69) is 6.92 Å². The van der Waals surface area contributed by atoms with Crippen molar-refractivity contribution < 1.29 is 8.78 Å². The fourth-order valence-electron chi connectivity index (χ4n) is 1.81. The highest BCUT2D eigenvalue weighted by Crippen LogP contribution is 2.32. The molecule has 1 heterocycles. The van der Waals surface area contributed by atoms with Gasteiger partial charge in [0.25, 0.3) is 0 Å². The van der Waals surface area contributed by atoms with Gasteiger partial charge >= 0.3 is 0 Å². The maximum absolute atomic E-state index is 13.2. The van der Waals surface area contributed by atoms with E-state index in [9.17, 15) is 8.78 Å². The van der Waals surface area contributed by atoms with Gasteiger partial charge in [-0.1, -0.05) is 19.4 Å². The predicted octanol–water partition coefficient (Wildman–Crippen LogP) is 4.49. The summed E-state index contributed by atoms with van der Waals surface area (Å²) in [7, 11) is 0. The summed E-state index contributed by atoms with van der Waals surface area (Å²) in [5.74, 6) is -1.64. The van der Waals surface area contributed by atoms with Crippen molar-refractivity contribution in [3.8, 4) is 10.4 Å². The maximum Gasteiger partial charge on any atom is 0.159 e. The van der Waals surface area contributed by atoms with Crippen LogP contribution in [0.1, 0.15) is 30.7 Å². The summed E-state index contributed by atoms with van der Waals surface area (Å²) in [5, 5.41) is 0. The van der Waals surface area contributed by atoms with E-state index in [1.165, 1.54) is 17.4 Å². The molecule has 0 radical (unpaired) electrons. The molecule has 0 fully saturated rings. The Kier molecular flexibility index (Phi) is 4.09. The van der Waals surface area contributed by atoms with E-state index in [0.29, 0.717) is 5.56 Å². The van der Waals surface area contributed by atoms with Gasteiger partial charge in [-0.05, 0) is 36.2 Å². The number of benzene rings is 1. The monoisotopic (exact) mass is 267 g/mol. The molecule has 18 heavy (non-hydrogen) atoms. The standard InChI is InChI=1S/C14H15F2NS/c1-2-3-12(17)14-7-6-13(18-14)9-4-5-10(15)11(16)8-9/h4-8,12H,2-3,17H2,1H3. The summed E-state index contributed by atoms with van der Waals surface area (Å²) in [6.45, 7) is 2.09. The fourth-order valence-corrected chi connectivity index (χ4v) is 2.85. The number of halogens is 2. The van der Waals surface area contributed by atoms with Gasteiger partial charge in [0.2, 0.25) is 0 Å². The molecular formula is C14H15F2NS. The molecule has 1 nitrogen and oxygen atoms in total. The lowest BCUT2D eigenvalue weighted by Crippen LogP contribution is -2.07. The normalized spacial score (nSPS) is 12.7. The largest absolute Gasteiger partial charge is 0.323 e. The number of hydrogen-bond donors (Lipinski definition) is 1. The lowest BCUT2D eigenvalue weighted by Gasteiger charge is -2.06. The Morgan fingerprint density at radius 2 is 1.94 bits per heavy atom. The van der Waals surface area contributed by atoms with Gasteiger partial charge in [-0.3, -0.25) is 0 Å². The zero-order valence-corrected chi connectivity index (χ0v) is 10.9. The average molecular weight is 267 g/mol. The summed E-state index contributed by atoms with van der Waals surface area (Å²) in [4.78, 5) is 1.99. The molecule has 2 N–H and O–H groups in total. The van der Waals surface area contributed by atoms with E-state index in [1.807, 2.05) is 12.1 Å². The van der Waals surface area contributed by atoms with E-state index in [4.69, 9.17) is 5.73 Å². The molecule has 1 aromatic heterocycles. The molecule has 0 aliphatic heterocycles. The lowest BCUT2D eigenvalue weighted by molar-refractivity contribution is 0.509. The van der Waals surface area contributed by atoms with Crippen molar-refractivity contribution in [1.82, 2.24) is 0 Å². The van der Waals surface area contributed by atoms with Crippen molar-refractivity contribution in [2.45, 2.75) is 25.8 Å². The Labute approximate surface area is 109 Å². The third kappa shape index (κ3) is 2.76. The molecule has 0 spiro atoms. The van der Waals surface area contributed by atoms with Gasteiger partial charge in [-0.15, -0.1) is 11.3 Å². The Balaban J connectivity index is 2.26. The molecule has 1 aromatic carbocycles. The van der Waals surface area contributed by atoms with Gasteiger partial charge in [0.15, 0.2) is 11.6 Å². The quantitative estimate of drug-likeness (QED) is 0.867. The summed E-state index contributed by atoms with van der Waals surface area (Å²) in [5.41, 5.74) is 6.72. The van der Waals surface area contributed by atoms with Gasteiger partial charge in [0.05, 0.1) is 0 Å². The smallest absolute Gasteiger partial charge is 0.159 e. The van der Waals surface area contributed by atoms with Crippen LogP contribution in [0, 0.1) is 11.6 Å². The number of nitrogens with two attached hydrogens (primary N) is 1. The molecule has 1 unspecified atom stereocenters. The highest BCUT2D eigenvalue weighted by Gasteiger charge is 2.10. The van der Waals surface area contributed by atoms with Crippen molar-refractivity contribution in [2.24, 2.45) is 5.73 Å². The SMILES string of the molecule is CCCC(N)c1ccc(-c2ccc(F)c(F)c2)s1. The van der Waals surface area contributed by atoms with E-state index in [1.54, 1.807) is 6.07 Å². The Morgan fingerprint density at radius 3 is 2.61 bits per heavy atom. The lowest BCUT2D eigenvalue weighted by atomic mass is 10.1. The molecule has 2 aromatic rings. The van der Waals surface area contributed by atoms with Crippen molar-refractivity contribution in [3.05, 3.63) is 46.8 Å². The summed E-state index contributed by atoms with van der Waals surface area (Å²) < 4.78 is 26.0. The Bertz CT molecular complexity index is 536. The first kappa shape index (κ1) is 13.2. The molecule has 0 aliphatic carbocycles. The van der Waals surface area contributed by atoms with Crippen LogP contribution in [0.15, 0.2) is 30.3 Å². The zero-order chi connectivity index (χ0) is 13.1. The number of rotatable bonds is 4. The molecule has 1 atom stereocenters. The minimum absolute atomic E-state index is 0.0269. The van der Waals surface area contributed by atoms with Crippen molar-refractivity contribution >= 4 is 11.3 Å². The molecule has 0 saturated heterocycles. The Hall–Kier alpha value is -1.26. The van der Waals surface area contributed by atoms with Crippen LogP contribution >= 0.6 is 11.3 Å². The highest BCUT2D eigenvalue weighted by atomic mass is 32.1. The molecule has 0 amide bonds. The van der Waals surface area contributed by atoms with Gasteiger partial charge in [0, 0.05) is 15.8 Å². The summed E-state index contributed by atoms with van der Waals surface area (Å²) >= 11 is 1.53. The average Bonchev–Trinajstić information content (AvgIpc) is 2.82. The van der Waals surface area contributed by atoms with Crippen molar-refractivity contribution in [1.29, 1.82) is 0 Å². The van der Waals surface area contributed by atoms with Crippen LogP contribution in [0.2, 0.25) is 0 Å². The number of hydrogen-bond acceptors (Lipinski definition) is 2. The molecule has 0 aliphatic rings. The van der Waals surface area contributed by atoms with E-state index in [0.717, 1.165) is 28.7 Å². The van der Waals surface area contributed by atoms with Crippen LogP contribution in [0.5, 0.6) is 0 Å². The van der Waals surface area contributed by atoms with Crippen LogP contribution in [-0.4, -0.2) is 0 Å². The van der Waals surface area contributed by atoms with Crippen molar-refractivity contribution in [2.75, 3.05) is 0 Å². The van der Waals surface area contributed by atoms with Crippen LogP contribution in [0.3, 0.4) is 0 Å². The van der Waals surface area contributed by atoms with E-state index in [-0.39, 0.29) is 6.04 Å². The maximum atomic E-state index is 13.2. The first-order chi connectivity index (χ1) is 8.61. The highest BCUT2D eigenvalue weighted by molar-refractivity contribution is 7.15. The van der Waals surface area contributed by atoms with E-state index >= 15 is 0 Å². The second kappa shape index (κ2) is 5.59. The Morgan fingerprint density at radius 1 is 1.17 bits per heavy atom. The second-order valence-electron chi connectivity index (χ2n) is 4.23. The van der Waals surface area contributed by atoms with Crippen LogP contribution in [0.25, 0.3) is 10.4 Å². The second-order valence-corrected chi connectivity index (χ2v) is 5.34. The summed E-state index contributed by atoms with van der Waals surface area (Å²) in [6.07, 6.45) is 1.96. The van der Waals surface area contributed by atoms with Gasteiger partial charge in [0.1, 0.15) is 0 Å². The van der Waals surface area contributed by atoms with Crippen LogP contribution in [0.4, 0.5) is 8.78 Å². The molecule has 96 valence electrons. The van der Waals surface area contributed by atoms with Crippen LogP contribution in [-0.2, 0) is 0 Å². The predicted molar refractivity (Wildman–Crippen MR) is 71.5 cm³/mol. The van der Waals surface area contributed by atoms with Gasteiger partial charge in [-0.2, -0.15) is 0 Å². The number of thiophene rings is 1. The molecule has 0 saturated carbocycles. The topological polar surface area (TPSA) is 26.0 Å². The summed E-state index contributed by atoms with van der Waals surface area (Å²) in [6, 6.07) is 7.84.